The second-order valence-electron chi connectivity index (χ2n) is 6.91. The number of aromatic carboxylic acids is 1. The Morgan fingerprint density at radius 3 is 2.76 bits per heavy atom. The molecule has 2 fully saturated rings. The maximum Gasteiger partial charge on any atom is 0.335 e. The van der Waals surface area contributed by atoms with E-state index in [2.05, 4.69) is 11.9 Å². The molecule has 0 amide bonds. The predicted octanol–water partition coefficient (Wildman–Crippen LogP) is 3.30. The van der Waals surface area contributed by atoms with Crippen LogP contribution in [0.2, 0.25) is 0 Å². The number of nitrogens with zero attached hydrogens (tertiary/aromatic N) is 1. The first kappa shape index (κ1) is 14.6. The van der Waals surface area contributed by atoms with Gasteiger partial charge in [0.1, 0.15) is 0 Å². The Hall–Kier alpha value is -1.35. The van der Waals surface area contributed by atoms with Gasteiger partial charge in [0.15, 0.2) is 0 Å². The van der Waals surface area contributed by atoms with Crippen LogP contribution in [0.3, 0.4) is 0 Å². The molecular formula is C18H25NO2. The van der Waals surface area contributed by atoms with Crippen molar-refractivity contribution in [2.24, 2.45) is 17.8 Å². The fraction of sp³-hybridized carbons (Fsp3) is 0.611. The van der Waals surface area contributed by atoms with E-state index in [1.54, 1.807) is 12.1 Å². The summed E-state index contributed by atoms with van der Waals surface area (Å²) in [5.41, 5.74) is 1.40. The fourth-order valence-corrected chi connectivity index (χ4v) is 4.35. The van der Waals surface area contributed by atoms with Crippen LogP contribution in [0.15, 0.2) is 24.3 Å². The third kappa shape index (κ3) is 3.29. The van der Waals surface area contributed by atoms with E-state index >= 15 is 0 Å². The lowest BCUT2D eigenvalue weighted by molar-refractivity contribution is 0.0695. The molecule has 2 aliphatic carbocycles. The lowest BCUT2D eigenvalue weighted by Gasteiger charge is -2.27. The maximum atomic E-state index is 11.2. The van der Waals surface area contributed by atoms with Gasteiger partial charge in [0.05, 0.1) is 5.56 Å². The van der Waals surface area contributed by atoms with Gasteiger partial charge in [-0.1, -0.05) is 24.6 Å². The van der Waals surface area contributed by atoms with Crippen LogP contribution in [0.25, 0.3) is 0 Å². The van der Waals surface area contributed by atoms with Crippen LogP contribution in [0.4, 0.5) is 0 Å². The predicted molar refractivity (Wildman–Crippen MR) is 83.5 cm³/mol. The van der Waals surface area contributed by atoms with Gasteiger partial charge in [-0.05, 0) is 62.1 Å². The summed E-state index contributed by atoms with van der Waals surface area (Å²) < 4.78 is 0. The van der Waals surface area contributed by atoms with E-state index in [4.69, 9.17) is 0 Å². The summed E-state index contributed by atoms with van der Waals surface area (Å²) in [6.45, 7) is 2.12. The highest BCUT2D eigenvalue weighted by molar-refractivity contribution is 5.89. The molecule has 1 N–H and O–H groups in total. The standard InChI is InChI=1S/C18H25NO2/c1-19(12-16-11-13-6-7-15(16)10-13)9-8-14-4-2-3-5-17(14)18(20)21/h2-5,13,15-16H,6-12H2,1H3,(H,20,21). The zero-order chi connectivity index (χ0) is 14.8. The van der Waals surface area contributed by atoms with Crippen LogP contribution in [0.1, 0.15) is 41.6 Å². The van der Waals surface area contributed by atoms with Gasteiger partial charge in [0, 0.05) is 13.1 Å². The fourth-order valence-electron chi connectivity index (χ4n) is 4.35. The average Bonchev–Trinajstić information content (AvgIpc) is 3.08. The zero-order valence-corrected chi connectivity index (χ0v) is 12.8. The van der Waals surface area contributed by atoms with Crippen molar-refractivity contribution in [3.05, 3.63) is 35.4 Å². The van der Waals surface area contributed by atoms with E-state index in [9.17, 15) is 9.90 Å². The highest BCUT2D eigenvalue weighted by atomic mass is 16.4. The van der Waals surface area contributed by atoms with Crippen molar-refractivity contribution < 1.29 is 9.90 Å². The number of carboxylic acids is 1. The van der Waals surface area contributed by atoms with Crippen molar-refractivity contribution in [3.63, 3.8) is 0 Å². The van der Waals surface area contributed by atoms with Crippen molar-refractivity contribution >= 4 is 5.97 Å². The molecule has 3 heteroatoms. The van der Waals surface area contributed by atoms with Crippen LogP contribution in [0.5, 0.6) is 0 Å². The minimum absolute atomic E-state index is 0.450. The largest absolute Gasteiger partial charge is 0.478 e. The third-order valence-electron chi connectivity index (χ3n) is 5.44. The van der Waals surface area contributed by atoms with Crippen molar-refractivity contribution in [1.29, 1.82) is 0 Å². The van der Waals surface area contributed by atoms with Gasteiger partial charge < -0.3 is 10.0 Å². The van der Waals surface area contributed by atoms with Gasteiger partial charge in [-0.2, -0.15) is 0 Å². The van der Waals surface area contributed by atoms with Crippen LogP contribution in [-0.2, 0) is 6.42 Å². The molecule has 1 aromatic rings. The number of hydrogen-bond acceptors (Lipinski definition) is 2. The number of fused-ring (bicyclic) bond motifs is 2. The SMILES string of the molecule is CN(CCc1ccccc1C(=O)O)CC1CC2CCC1C2. The Kier molecular flexibility index (Phi) is 4.29. The Bertz CT molecular complexity index is 514. The zero-order valence-electron chi connectivity index (χ0n) is 12.8. The Balaban J connectivity index is 1.52. The van der Waals surface area contributed by atoms with E-state index in [0.717, 1.165) is 36.3 Å². The minimum Gasteiger partial charge on any atom is -0.478 e. The monoisotopic (exact) mass is 287 g/mol. The molecule has 0 heterocycles. The molecule has 2 bridgehead atoms. The number of benzene rings is 1. The van der Waals surface area contributed by atoms with E-state index in [1.165, 1.54) is 32.2 Å². The molecule has 0 radical (unpaired) electrons. The molecule has 0 aliphatic heterocycles. The molecular weight excluding hydrogens is 262 g/mol. The van der Waals surface area contributed by atoms with Crippen molar-refractivity contribution in [2.45, 2.75) is 32.1 Å². The number of hydrogen-bond donors (Lipinski definition) is 1. The van der Waals surface area contributed by atoms with E-state index < -0.39 is 5.97 Å². The molecule has 3 atom stereocenters. The van der Waals surface area contributed by atoms with E-state index in [0.29, 0.717) is 5.56 Å². The van der Waals surface area contributed by atoms with E-state index in [-0.39, 0.29) is 0 Å². The molecule has 3 nitrogen and oxygen atoms in total. The van der Waals surface area contributed by atoms with Crippen LogP contribution >= 0.6 is 0 Å². The van der Waals surface area contributed by atoms with Gasteiger partial charge in [0.2, 0.25) is 0 Å². The average molecular weight is 287 g/mol. The first-order valence-corrected chi connectivity index (χ1v) is 8.13. The van der Waals surface area contributed by atoms with E-state index in [1.807, 2.05) is 12.1 Å². The number of rotatable bonds is 6. The lowest BCUT2D eigenvalue weighted by atomic mass is 9.88. The smallest absolute Gasteiger partial charge is 0.335 e. The minimum atomic E-state index is -0.818. The number of carboxylic acid groups (broad SMARTS) is 1. The Labute approximate surface area is 127 Å². The van der Waals surface area contributed by atoms with Crippen molar-refractivity contribution in [2.75, 3.05) is 20.1 Å². The Morgan fingerprint density at radius 2 is 2.10 bits per heavy atom. The molecule has 2 saturated carbocycles. The van der Waals surface area contributed by atoms with Gasteiger partial charge in [-0.25, -0.2) is 4.79 Å². The van der Waals surface area contributed by atoms with Gasteiger partial charge in [-0.15, -0.1) is 0 Å². The highest BCUT2D eigenvalue weighted by Crippen LogP contribution is 2.48. The van der Waals surface area contributed by atoms with Crippen molar-refractivity contribution in [3.8, 4) is 0 Å². The van der Waals surface area contributed by atoms with Gasteiger partial charge in [-0.3, -0.25) is 0 Å². The first-order chi connectivity index (χ1) is 10.1. The van der Waals surface area contributed by atoms with Crippen molar-refractivity contribution in [1.82, 2.24) is 4.90 Å². The first-order valence-electron chi connectivity index (χ1n) is 8.13. The lowest BCUT2D eigenvalue weighted by Crippen LogP contribution is -2.30. The van der Waals surface area contributed by atoms with Gasteiger partial charge >= 0.3 is 5.97 Å². The second kappa shape index (κ2) is 6.18. The highest BCUT2D eigenvalue weighted by Gasteiger charge is 2.39. The summed E-state index contributed by atoms with van der Waals surface area (Å²) in [5.74, 6) is 2.02. The molecule has 2 aliphatic rings. The molecule has 0 spiro atoms. The normalized spacial score (nSPS) is 27.4. The molecule has 21 heavy (non-hydrogen) atoms. The topological polar surface area (TPSA) is 40.5 Å². The Morgan fingerprint density at radius 1 is 1.29 bits per heavy atom. The number of likely N-dealkylation sites (N-methyl/N-ethyl adjacent to an activating group) is 1. The molecule has 0 aromatic heterocycles. The molecule has 3 rings (SSSR count). The van der Waals surface area contributed by atoms with Crippen LogP contribution < -0.4 is 0 Å². The molecule has 0 saturated heterocycles. The van der Waals surface area contributed by atoms with Crippen LogP contribution in [-0.4, -0.2) is 36.1 Å². The molecule has 3 unspecified atom stereocenters. The van der Waals surface area contributed by atoms with Crippen LogP contribution in [0, 0.1) is 17.8 Å². The number of carbonyl (C=O) groups is 1. The second-order valence-corrected chi connectivity index (χ2v) is 6.91. The maximum absolute atomic E-state index is 11.2. The summed E-state index contributed by atoms with van der Waals surface area (Å²) >= 11 is 0. The summed E-state index contributed by atoms with van der Waals surface area (Å²) in [7, 11) is 2.18. The molecule has 1 aromatic carbocycles. The summed E-state index contributed by atoms with van der Waals surface area (Å²) in [4.78, 5) is 13.6. The van der Waals surface area contributed by atoms with Gasteiger partial charge in [0.25, 0.3) is 0 Å². The summed E-state index contributed by atoms with van der Waals surface area (Å²) in [5, 5.41) is 9.22. The summed E-state index contributed by atoms with van der Waals surface area (Å²) in [6.07, 6.45) is 6.59. The third-order valence-corrected chi connectivity index (χ3v) is 5.44. The molecule has 114 valence electrons. The summed E-state index contributed by atoms with van der Waals surface area (Å²) in [6, 6.07) is 7.37. The quantitative estimate of drug-likeness (QED) is 0.872.